The molecule has 1 saturated carbocycles. The third kappa shape index (κ3) is 3.52. The minimum Gasteiger partial charge on any atom is -0.310 e. The van der Waals surface area contributed by atoms with Crippen molar-refractivity contribution < 1.29 is 4.39 Å². The van der Waals surface area contributed by atoms with Gasteiger partial charge in [-0.05, 0) is 43.4 Å². The molecule has 0 radical (unpaired) electrons. The highest BCUT2D eigenvalue weighted by atomic mass is 79.9. The van der Waals surface area contributed by atoms with Crippen LogP contribution >= 0.6 is 15.9 Å². The zero-order chi connectivity index (χ0) is 12.3. The second kappa shape index (κ2) is 5.96. The molecular formula is C14H19BrFN. The van der Waals surface area contributed by atoms with Crippen molar-refractivity contribution in [2.24, 2.45) is 5.92 Å². The van der Waals surface area contributed by atoms with Gasteiger partial charge in [0.05, 0.1) is 0 Å². The number of hydrogen-bond donors (Lipinski definition) is 1. The zero-order valence-electron chi connectivity index (χ0n) is 10.2. The SMILES string of the molecule is C[C@H](NCc1ccc(F)cc1Br)C1CCCC1. The van der Waals surface area contributed by atoms with Gasteiger partial charge in [-0.2, -0.15) is 0 Å². The lowest BCUT2D eigenvalue weighted by atomic mass is 9.99. The second-order valence-corrected chi connectivity index (χ2v) is 5.80. The van der Waals surface area contributed by atoms with Crippen LogP contribution in [0.1, 0.15) is 38.2 Å². The molecule has 1 aliphatic rings. The first kappa shape index (κ1) is 13.0. The van der Waals surface area contributed by atoms with Crippen LogP contribution in [0.15, 0.2) is 22.7 Å². The molecule has 94 valence electrons. The summed E-state index contributed by atoms with van der Waals surface area (Å²) in [7, 11) is 0. The number of rotatable bonds is 4. The Morgan fingerprint density at radius 1 is 1.41 bits per heavy atom. The monoisotopic (exact) mass is 299 g/mol. The molecule has 17 heavy (non-hydrogen) atoms. The van der Waals surface area contributed by atoms with Crippen LogP contribution in [0.25, 0.3) is 0 Å². The average molecular weight is 300 g/mol. The maximum Gasteiger partial charge on any atom is 0.124 e. The van der Waals surface area contributed by atoms with E-state index >= 15 is 0 Å². The van der Waals surface area contributed by atoms with Gasteiger partial charge in [-0.15, -0.1) is 0 Å². The van der Waals surface area contributed by atoms with Gasteiger partial charge in [-0.3, -0.25) is 0 Å². The molecule has 1 atom stereocenters. The number of benzene rings is 1. The molecule has 1 nitrogen and oxygen atoms in total. The third-order valence-electron chi connectivity index (χ3n) is 3.74. The van der Waals surface area contributed by atoms with Crippen molar-refractivity contribution in [3.63, 3.8) is 0 Å². The quantitative estimate of drug-likeness (QED) is 0.876. The Hall–Kier alpha value is -0.410. The normalized spacial score (nSPS) is 18.5. The summed E-state index contributed by atoms with van der Waals surface area (Å²) in [6, 6.07) is 5.43. The molecule has 1 aromatic carbocycles. The molecule has 1 fully saturated rings. The van der Waals surface area contributed by atoms with Crippen molar-refractivity contribution >= 4 is 15.9 Å². The molecule has 0 bridgehead atoms. The maximum absolute atomic E-state index is 12.9. The van der Waals surface area contributed by atoms with Crippen LogP contribution in [-0.2, 0) is 6.54 Å². The number of halogens is 2. The van der Waals surface area contributed by atoms with E-state index in [2.05, 4.69) is 28.2 Å². The summed E-state index contributed by atoms with van der Waals surface area (Å²) in [5, 5.41) is 3.55. The van der Waals surface area contributed by atoms with Gasteiger partial charge in [0.15, 0.2) is 0 Å². The first-order chi connectivity index (χ1) is 8.16. The first-order valence-corrected chi connectivity index (χ1v) is 7.13. The van der Waals surface area contributed by atoms with E-state index in [0.717, 1.165) is 22.5 Å². The average Bonchev–Trinajstić information content (AvgIpc) is 2.81. The van der Waals surface area contributed by atoms with Crippen molar-refractivity contribution in [2.45, 2.75) is 45.2 Å². The molecule has 1 aliphatic carbocycles. The highest BCUT2D eigenvalue weighted by molar-refractivity contribution is 9.10. The Morgan fingerprint density at radius 2 is 2.12 bits per heavy atom. The van der Waals surface area contributed by atoms with E-state index in [0.29, 0.717) is 6.04 Å². The molecule has 0 saturated heterocycles. The molecule has 0 spiro atoms. The van der Waals surface area contributed by atoms with E-state index in [4.69, 9.17) is 0 Å². The van der Waals surface area contributed by atoms with Crippen LogP contribution in [0.5, 0.6) is 0 Å². The smallest absolute Gasteiger partial charge is 0.124 e. The van der Waals surface area contributed by atoms with Crippen molar-refractivity contribution in [2.75, 3.05) is 0 Å². The van der Waals surface area contributed by atoms with Gasteiger partial charge < -0.3 is 5.32 Å². The lowest BCUT2D eigenvalue weighted by Gasteiger charge is -2.20. The van der Waals surface area contributed by atoms with Crippen LogP contribution in [0.3, 0.4) is 0 Å². The molecule has 0 aromatic heterocycles. The van der Waals surface area contributed by atoms with E-state index < -0.39 is 0 Å². The minimum atomic E-state index is -0.190. The standard InChI is InChI=1S/C14H19BrFN/c1-10(11-4-2-3-5-11)17-9-12-6-7-13(16)8-14(12)15/h6-8,10-11,17H,2-5,9H2,1H3/t10-/m0/s1. The van der Waals surface area contributed by atoms with Crippen LogP contribution < -0.4 is 5.32 Å². The summed E-state index contributed by atoms with van der Waals surface area (Å²) in [6.45, 7) is 3.06. The van der Waals surface area contributed by atoms with Gasteiger partial charge >= 0.3 is 0 Å². The molecule has 0 heterocycles. The maximum atomic E-state index is 12.9. The predicted octanol–water partition coefficient (Wildman–Crippen LogP) is 4.26. The van der Waals surface area contributed by atoms with Crippen LogP contribution in [0.4, 0.5) is 4.39 Å². The molecule has 0 aliphatic heterocycles. The topological polar surface area (TPSA) is 12.0 Å². The Labute approximate surface area is 111 Å². The summed E-state index contributed by atoms with van der Waals surface area (Å²) in [5.41, 5.74) is 1.12. The van der Waals surface area contributed by atoms with E-state index in [1.165, 1.54) is 37.8 Å². The van der Waals surface area contributed by atoms with E-state index in [-0.39, 0.29) is 5.82 Å². The van der Waals surface area contributed by atoms with E-state index in [1.807, 2.05) is 6.07 Å². The predicted molar refractivity (Wildman–Crippen MR) is 72.4 cm³/mol. The fraction of sp³-hybridized carbons (Fsp3) is 0.571. The Balaban J connectivity index is 1.88. The highest BCUT2D eigenvalue weighted by Crippen LogP contribution is 2.28. The third-order valence-corrected chi connectivity index (χ3v) is 4.47. The number of hydrogen-bond acceptors (Lipinski definition) is 1. The van der Waals surface area contributed by atoms with Gasteiger partial charge in [0, 0.05) is 17.1 Å². The summed E-state index contributed by atoms with van der Waals surface area (Å²) in [6.07, 6.45) is 5.44. The van der Waals surface area contributed by atoms with Crippen LogP contribution in [-0.4, -0.2) is 6.04 Å². The lowest BCUT2D eigenvalue weighted by Crippen LogP contribution is -2.31. The van der Waals surface area contributed by atoms with Gasteiger partial charge in [-0.25, -0.2) is 4.39 Å². The minimum absolute atomic E-state index is 0.190. The first-order valence-electron chi connectivity index (χ1n) is 6.34. The second-order valence-electron chi connectivity index (χ2n) is 4.95. The lowest BCUT2D eigenvalue weighted by molar-refractivity contribution is 0.380. The molecule has 1 aromatic rings. The summed E-state index contributed by atoms with van der Waals surface area (Å²) in [4.78, 5) is 0. The van der Waals surface area contributed by atoms with Crippen LogP contribution in [0.2, 0.25) is 0 Å². The Morgan fingerprint density at radius 3 is 2.76 bits per heavy atom. The van der Waals surface area contributed by atoms with E-state index in [1.54, 1.807) is 0 Å². The molecular weight excluding hydrogens is 281 g/mol. The summed E-state index contributed by atoms with van der Waals surface area (Å²) < 4.78 is 13.8. The molecule has 3 heteroatoms. The van der Waals surface area contributed by atoms with Gasteiger partial charge in [-0.1, -0.05) is 34.8 Å². The molecule has 0 amide bonds. The summed E-state index contributed by atoms with van der Waals surface area (Å²) >= 11 is 3.40. The van der Waals surface area contributed by atoms with E-state index in [9.17, 15) is 4.39 Å². The Kier molecular flexibility index (Phi) is 4.57. The fourth-order valence-electron chi connectivity index (χ4n) is 2.56. The van der Waals surface area contributed by atoms with Crippen molar-refractivity contribution in [1.29, 1.82) is 0 Å². The van der Waals surface area contributed by atoms with Crippen LogP contribution in [0, 0.1) is 11.7 Å². The van der Waals surface area contributed by atoms with Gasteiger partial charge in [0.1, 0.15) is 5.82 Å². The van der Waals surface area contributed by atoms with Crippen molar-refractivity contribution in [3.8, 4) is 0 Å². The molecule has 2 rings (SSSR count). The van der Waals surface area contributed by atoms with Gasteiger partial charge in [0.25, 0.3) is 0 Å². The molecule has 0 unspecified atom stereocenters. The van der Waals surface area contributed by atoms with Gasteiger partial charge in [0.2, 0.25) is 0 Å². The van der Waals surface area contributed by atoms with Crippen molar-refractivity contribution in [3.05, 3.63) is 34.1 Å². The fourth-order valence-corrected chi connectivity index (χ4v) is 3.05. The zero-order valence-corrected chi connectivity index (χ0v) is 11.8. The largest absolute Gasteiger partial charge is 0.310 e. The summed E-state index contributed by atoms with van der Waals surface area (Å²) in [5.74, 6) is 0.624. The number of nitrogens with one attached hydrogen (secondary N) is 1. The van der Waals surface area contributed by atoms with Crippen molar-refractivity contribution in [1.82, 2.24) is 5.32 Å². The highest BCUT2D eigenvalue weighted by Gasteiger charge is 2.20. The Bertz CT molecular complexity index is 374. The molecule has 1 N–H and O–H groups in total.